The van der Waals surface area contributed by atoms with Crippen LogP contribution >= 0.6 is 0 Å². The van der Waals surface area contributed by atoms with Crippen molar-refractivity contribution in [3.05, 3.63) is 17.5 Å². The van der Waals surface area contributed by atoms with Gasteiger partial charge in [0.1, 0.15) is 5.76 Å². The van der Waals surface area contributed by atoms with Crippen LogP contribution in [-0.4, -0.2) is 29.8 Å². The molecule has 1 aliphatic carbocycles. The van der Waals surface area contributed by atoms with Crippen LogP contribution in [0.4, 0.5) is 0 Å². The summed E-state index contributed by atoms with van der Waals surface area (Å²) < 4.78 is 10.6. The fourth-order valence-electron chi connectivity index (χ4n) is 2.79. The SMILES string of the molecule is CCCc1cc(C(=O)N[C@H]2C[C@@H]3OCC[C@H]23)no1. The Labute approximate surface area is 106 Å². The summed E-state index contributed by atoms with van der Waals surface area (Å²) in [6.07, 6.45) is 4.15. The van der Waals surface area contributed by atoms with Crippen molar-refractivity contribution in [1.82, 2.24) is 10.5 Å². The van der Waals surface area contributed by atoms with Gasteiger partial charge in [0.15, 0.2) is 5.69 Å². The van der Waals surface area contributed by atoms with E-state index in [0.717, 1.165) is 38.1 Å². The van der Waals surface area contributed by atoms with Crippen molar-refractivity contribution in [1.29, 1.82) is 0 Å². The molecule has 18 heavy (non-hydrogen) atoms. The number of carbonyl (C=O) groups excluding carboxylic acids is 1. The Balaban J connectivity index is 1.57. The first-order chi connectivity index (χ1) is 8.78. The first kappa shape index (κ1) is 11.7. The second-order valence-corrected chi connectivity index (χ2v) is 5.11. The quantitative estimate of drug-likeness (QED) is 0.880. The standard InChI is InChI=1S/C13H18N2O3/c1-2-3-8-6-11(15-18-8)13(16)14-10-7-12-9(10)4-5-17-12/h6,9-10,12H,2-5,7H2,1H3,(H,14,16)/t9-,10+,12+/m1/s1. The van der Waals surface area contributed by atoms with E-state index in [1.807, 2.05) is 0 Å². The maximum Gasteiger partial charge on any atom is 0.273 e. The minimum absolute atomic E-state index is 0.128. The van der Waals surface area contributed by atoms with E-state index in [2.05, 4.69) is 17.4 Å². The zero-order valence-corrected chi connectivity index (χ0v) is 10.5. The molecule has 5 heteroatoms. The molecule has 1 aromatic rings. The van der Waals surface area contributed by atoms with Crippen molar-refractivity contribution in [2.24, 2.45) is 5.92 Å². The monoisotopic (exact) mass is 250 g/mol. The molecule has 5 nitrogen and oxygen atoms in total. The summed E-state index contributed by atoms with van der Waals surface area (Å²) >= 11 is 0. The van der Waals surface area contributed by atoms with E-state index in [9.17, 15) is 4.79 Å². The van der Waals surface area contributed by atoms with Crippen LogP contribution in [0, 0.1) is 5.92 Å². The van der Waals surface area contributed by atoms with Crippen molar-refractivity contribution >= 4 is 5.91 Å². The Morgan fingerprint density at radius 3 is 3.28 bits per heavy atom. The van der Waals surface area contributed by atoms with E-state index in [0.29, 0.717) is 17.7 Å². The molecule has 1 saturated heterocycles. The number of hydrogen-bond donors (Lipinski definition) is 1. The number of hydrogen-bond acceptors (Lipinski definition) is 4. The predicted octanol–water partition coefficient (Wildman–Crippen LogP) is 1.53. The summed E-state index contributed by atoms with van der Waals surface area (Å²) in [6, 6.07) is 1.98. The van der Waals surface area contributed by atoms with Crippen LogP contribution in [0.15, 0.2) is 10.6 Å². The lowest BCUT2D eigenvalue weighted by molar-refractivity contribution is 0.00798. The van der Waals surface area contributed by atoms with Crippen molar-refractivity contribution in [3.8, 4) is 0 Å². The van der Waals surface area contributed by atoms with E-state index in [1.54, 1.807) is 6.07 Å². The Kier molecular flexibility index (Phi) is 3.07. The van der Waals surface area contributed by atoms with Gasteiger partial charge in [-0.3, -0.25) is 4.79 Å². The fraction of sp³-hybridized carbons (Fsp3) is 0.692. The Bertz CT molecular complexity index is 443. The highest BCUT2D eigenvalue weighted by Crippen LogP contribution is 2.38. The molecular weight excluding hydrogens is 232 g/mol. The number of fused-ring (bicyclic) bond motifs is 1. The van der Waals surface area contributed by atoms with Gasteiger partial charge in [-0.1, -0.05) is 12.1 Å². The molecular formula is C13H18N2O3. The summed E-state index contributed by atoms with van der Waals surface area (Å²) in [7, 11) is 0. The molecule has 3 rings (SSSR count). The van der Waals surface area contributed by atoms with Gasteiger partial charge < -0.3 is 14.6 Å². The molecule has 1 N–H and O–H groups in total. The molecule has 1 amide bonds. The van der Waals surface area contributed by atoms with E-state index in [-0.39, 0.29) is 11.9 Å². The molecule has 0 unspecified atom stereocenters. The Morgan fingerprint density at radius 2 is 2.50 bits per heavy atom. The van der Waals surface area contributed by atoms with Crippen molar-refractivity contribution in [3.63, 3.8) is 0 Å². The third kappa shape index (κ3) is 2.03. The molecule has 98 valence electrons. The third-order valence-electron chi connectivity index (χ3n) is 3.87. The van der Waals surface area contributed by atoms with Crippen LogP contribution in [0.25, 0.3) is 0 Å². The Morgan fingerprint density at radius 1 is 1.61 bits per heavy atom. The highest BCUT2D eigenvalue weighted by atomic mass is 16.5. The van der Waals surface area contributed by atoms with Gasteiger partial charge in [-0.15, -0.1) is 0 Å². The summed E-state index contributed by atoms with van der Waals surface area (Å²) in [5.74, 6) is 1.14. The average molecular weight is 250 g/mol. The maximum absolute atomic E-state index is 12.0. The van der Waals surface area contributed by atoms with Gasteiger partial charge in [0.25, 0.3) is 5.91 Å². The molecule has 1 saturated carbocycles. The van der Waals surface area contributed by atoms with Crippen LogP contribution in [0.3, 0.4) is 0 Å². The predicted molar refractivity (Wildman–Crippen MR) is 64.2 cm³/mol. The normalized spacial score (nSPS) is 29.7. The summed E-state index contributed by atoms with van der Waals surface area (Å²) in [5.41, 5.74) is 0.390. The number of nitrogens with one attached hydrogen (secondary N) is 1. The molecule has 3 atom stereocenters. The van der Waals surface area contributed by atoms with Crippen LogP contribution in [-0.2, 0) is 11.2 Å². The smallest absolute Gasteiger partial charge is 0.273 e. The van der Waals surface area contributed by atoms with Crippen LogP contribution < -0.4 is 5.32 Å². The topological polar surface area (TPSA) is 64.4 Å². The fourth-order valence-corrected chi connectivity index (χ4v) is 2.79. The van der Waals surface area contributed by atoms with Gasteiger partial charge in [-0.05, 0) is 19.3 Å². The second-order valence-electron chi connectivity index (χ2n) is 5.11. The van der Waals surface area contributed by atoms with E-state index in [4.69, 9.17) is 9.26 Å². The summed E-state index contributed by atoms with van der Waals surface area (Å²) in [6.45, 7) is 2.89. The third-order valence-corrected chi connectivity index (χ3v) is 3.87. The summed E-state index contributed by atoms with van der Waals surface area (Å²) in [4.78, 5) is 12.0. The molecule has 2 fully saturated rings. The van der Waals surface area contributed by atoms with Crippen LogP contribution in [0.2, 0.25) is 0 Å². The number of amides is 1. The molecule has 0 radical (unpaired) electrons. The molecule has 0 bridgehead atoms. The first-order valence-electron chi connectivity index (χ1n) is 6.66. The first-order valence-corrected chi connectivity index (χ1v) is 6.66. The lowest BCUT2D eigenvalue weighted by atomic mass is 9.76. The van der Waals surface area contributed by atoms with Gasteiger partial charge in [-0.25, -0.2) is 0 Å². The maximum atomic E-state index is 12.0. The van der Waals surface area contributed by atoms with Gasteiger partial charge in [-0.2, -0.15) is 0 Å². The minimum Gasteiger partial charge on any atom is -0.378 e. The number of carbonyl (C=O) groups is 1. The Hall–Kier alpha value is -1.36. The number of aromatic nitrogens is 1. The lowest BCUT2D eigenvalue weighted by Crippen LogP contribution is -2.53. The molecule has 2 aliphatic rings. The average Bonchev–Trinajstić information content (AvgIpc) is 2.93. The zero-order valence-electron chi connectivity index (χ0n) is 10.5. The lowest BCUT2D eigenvalue weighted by Gasteiger charge is -2.39. The summed E-state index contributed by atoms with van der Waals surface area (Å²) in [5, 5.41) is 6.83. The van der Waals surface area contributed by atoms with Gasteiger partial charge in [0.2, 0.25) is 0 Å². The van der Waals surface area contributed by atoms with Gasteiger partial charge in [0, 0.05) is 31.1 Å². The highest BCUT2D eigenvalue weighted by Gasteiger charge is 2.45. The van der Waals surface area contributed by atoms with E-state index < -0.39 is 0 Å². The highest BCUT2D eigenvalue weighted by molar-refractivity contribution is 5.92. The van der Waals surface area contributed by atoms with Crippen molar-refractivity contribution < 1.29 is 14.1 Å². The van der Waals surface area contributed by atoms with E-state index in [1.165, 1.54) is 0 Å². The molecule has 1 aromatic heterocycles. The zero-order chi connectivity index (χ0) is 12.5. The van der Waals surface area contributed by atoms with E-state index >= 15 is 0 Å². The molecule has 0 spiro atoms. The van der Waals surface area contributed by atoms with Crippen molar-refractivity contribution in [2.75, 3.05) is 6.61 Å². The minimum atomic E-state index is -0.128. The molecule has 0 aromatic carbocycles. The number of aryl methyl sites for hydroxylation is 1. The van der Waals surface area contributed by atoms with Crippen LogP contribution in [0.5, 0.6) is 0 Å². The second kappa shape index (κ2) is 4.72. The molecule has 1 aliphatic heterocycles. The largest absolute Gasteiger partial charge is 0.378 e. The van der Waals surface area contributed by atoms with Gasteiger partial charge >= 0.3 is 0 Å². The molecule has 2 heterocycles. The van der Waals surface area contributed by atoms with Crippen LogP contribution in [0.1, 0.15) is 42.4 Å². The van der Waals surface area contributed by atoms with Crippen molar-refractivity contribution in [2.45, 2.75) is 44.8 Å². The number of rotatable bonds is 4. The number of nitrogens with zero attached hydrogens (tertiary/aromatic N) is 1. The number of ether oxygens (including phenoxy) is 1. The van der Waals surface area contributed by atoms with Gasteiger partial charge in [0.05, 0.1) is 6.10 Å².